The highest BCUT2D eigenvalue weighted by molar-refractivity contribution is 7.12. The second kappa shape index (κ2) is 14.3. The molecule has 1 rings (SSSR count). The Balaban J connectivity index is 2.54. The van der Waals surface area contributed by atoms with Crippen LogP contribution < -0.4 is 0 Å². The van der Waals surface area contributed by atoms with E-state index < -0.39 is 0 Å². The number of aryl methyl sites for hydroxylation is 2. The van der Waals surface area contributed by atoms with Crippen LogP contribution in [0.25, 0.3) is 6.08 Å². The molecule has 0 N–H and O–H groups in total. The fourth-order valence-electron chi connectivity index (χ4n) is 3.01. The summed E-state index contributed by atoms with van der Waals surface area (Å²) in [5.74, 6) is -0.373. The summed E-state index contributed by atoms with van der Waals surface area (Å²) in [6.07, 6.45) is 13.5. The number of esters is 2. The van der Waals surface area contributed by atoms with Gasteiger partial charge in [0.25, 0.3) is 0 Å². The molecule has 0 fully saturated rings. The van der Waals surface area contributed by atoms with Crippen LogP contribution in [0.5, 0.6) is 0 Å². The van der Waals surface area contributed by atoms with Crippen molar-refractivity contribution >= 4 is 29.4 Å². The van der Waals surface area contributed by atoms with Crippen molar-refractivity contribution in [3.8, 4) is 0 Å². The number of hydrogen-bond acceptors (Lipinski definition) is 6. The zero-order chi connectivity index (χ0) is 20.8. The van der Waals surface area contributed by atoms with Crippen molar-refractivity contribution in [1.29, 1.82) is 0 Å². The van der Waals surface area contributed by atoms with Crippen molar-refractivity contribution in [2.75, 3.05) is 7.11 Å². The van der Waals surface area contributed by atoms with Gasteiger partial charge in [0.2, 0.25) is 0 Å². The van der Waals surface area contributed by atoms with Gasteiger partial charge in [-0.15, -0.1) is 11.3 Å². The van der Waals surface area contributed by atoms with Crippen molar-refractivity contribution in [3.05, 3.63) is 21.7 Å². The van der Waals surface area contributed by atoms with Crippen LogP contribution in [-0.2, 0) is 25.5 Å². The Morgan fingerprint density at radius 1 is 1.14 bits per heavy atom. The Hall–Kier alpha value is -1.69. The van der Waals surface area contributed by atoms with Gasteiger partial charge in [-0.3, -0.25) is 9.59 Å². The number of ether oxygens (including phenoxy) is 2. The molecular formula is C22H35NO4S. The summed E-state index contributed by atoms with van der Waals surface area (Å²) in [5.41, 5.74) is 1.11. The second-order valence-electron chi connectivity index (χ2n) is 7.04. The molecule has 0 aromatic carbocycles. The van der Waals surface area contributed by atoms with Crippen molar-refractivity contribution in [1.82, 2.24) is 4.98 Å². The second-order valence-corrected chi connectivity index (χ2v) is 8.27. The molecule has 5 nitrogen and oxygen atoms in total. The molecule has 0 aliphatic heterocycles. The molecule has 1 heterocycles. The predicted molar refractivity (Wildman–Crippen MR) is 114 cm³/mol. The number of thiazole rings is 1. The van der Waals surface area contributed by atoms with E-state index in [1.165, 1.54) is 14.0 Å². The molecule has 28 heavy (non-hydrogen) atoms. The van der Waals surface area contributed by atoms with Gasteiger partial charge >= 0.3 is 11.9 Å². The first kappa shape index (κ1) is 24.3. The fraction of sp³-hybridized carbons (Fsp3) is 0.682. The van der Waals surface area contributed by atoms with Gasteiger partial charge in [-0.1, -0.05) is 32.6 Å². The van der Waals surface area contributed by atoms with E-state index >= 15 is 0 Å². The van der Waals surface area contributed by atoms with E-state index in [9.17, 15) is 9.59 Å². The normalized spacial score (nSPS) is 12.3. The van der Waals surface area contributed by atoms with E-state index in [0.717, 1.165) is 73.4 Å². The number of nitrogens with zero attached hydrogens (tertiary/aromatic N) is 1. The van der Waals surface area contributed by atoms with E-state index in [-0.39, 0.29) is 18.0 Å². The van der Waals surface area contributed by atoms with Crippen LogP contribution in [0.1, 0.15) is 87.2 Å². The average Bonchev–Trinajstić information content (AvgIpc) is 3.01. The maximum Gasteiger partial charge on any atom is 0.305 e. The number of carbonyl (C=O) groups is 2. The topological polar surface area (TPSA) is 65.5 Å². The molecule has 0 spiro atoms. The molecule has 0 aliphatic carbocycles. The molecule has 0 bridgehead atoms. The molecule has 1 atom stereocenters. The highest BCUT2D eigenvalue weighted by atomic mass is 32.1. The fourth-order valence-corrected chi connectivity index (χ4v) is 3.90. The number of aromatic nitrogens is 1. The average molecular weight is 410 g/mol. The Morgan fingerprint density at radius 2 is 1.89 bits per heavy atom. The highest BCUT2D eigenvalue weighted by Gasteiger charge is 2.11. The molecule has 1 unspecified atom stereocenters. The summed E-state index contributed by atoms with van der Waals surface area (Å²) in [7, 11) is 1.43. The lowest BCUT2D eigenvalue weighted by molar-refractivity contribution is -0.144. The number of rotatable bonds is 14. The summed E-state index contributed by atoms with van der Waals surface area (Å²) in [6.45, 7) is 5.65. The van der Waals surface area contributed by atoms with Crippen LogP contribution in [0.15, 0.2) is 6.08 Å². The zero-order valence-electron chi connectivity index (χ0n) is 17.8. The summed E-state index contributed by atoms with van der Waals surface area (Å²) >= 11 is 1.68. The van der Waals surface area contributed by atoms with Crippen molar-refractivity contribution in [2.24, 2.45) is 0 Å². The number of carbonyl (C=O) groups excluding carboxylic acids is 2. The van der Waals surface area contributed by atoms with Crippen molar-refractivity contribution < 1.29 is 19.1 Å². The molecule has 6 heteroatoms. The Bertz CT molecular complexity index is 624. The molecule has 1 aromatic heterocycles. The molecule has 0 aliphatic rings. The summed E-state index contributed by atoms with van der Waals surface area (Å²) in [6, 6.07) is 0. The standard InChI is InChI=1S/C22H35NO4S/c1-5-6-9-12-19(27-18(3)24)15-16-21-20(23-17(2)28-21)13-10-7-8-11-14-22(25)26-4/h15-16,19H,5-14H2,1-4H3. The van der Waals surface area contributed by atoms with E-state index in [0.29, 0.717) is 6.42 Å². The molecule has 0 amide bonds. The van der Waals surface area contributed by atoms with Gasteiger partial charge in [-0.05, 0) is 51.2 Å². The van der Waals surface area contributed by atoms with Gasteiger partial charge in [0.1, 0.15) is 6.10 Å². The predicted octanol–water partition coefficient (Wildman–Crippen LogP) is 5.64. The number of unbranched alkanes of at least 4 members (excludes halogenated alkanes) is 5. The minimum Gasteiger partial charge on any atom is -0.469 e. The minimum absolute atomic E-state index is 0.135. The third-order valence-corrected chi connectivity index (χ3v) is 5.46. The molecule has 0 saturated carbocycles. The summed E-state index contributed by atoms with van der Waals surface area (Å²) in [4.78, 5) is 28.3. The van der Waals surface area contributed by atoms with Crippen molar-refractivity contribution in [3.63, 3.8) is 0 Å². The lowest BCUT2D eigenvalue weighted by atomic mass is 10.1. The highest BCUT2D eigenvalue weighted by Crippen LogP contribution is 2.23. The van der Waals surface area contributed by atoms with E-state index in [1.807, 2.05) is 13.0 Å². The van der Waals surface area contributed by atoms with Gasteiger partial charge in [-0.25, -0.2) is 4.98 Å². The van der Waals surface area contributed by atoms with Crippen LogP contribution >= 0.6 is 11.3 Å². The Labute approximate surface area is 173 Å². The first-order valence-corrected chi connectivity index (χ1v) is 11.2. The summed E-state index contributed by atoms with van der Waals surface area (Å²) < 4.78 is 10.1. The third-order valence-electron chi connectivity index (χ3n) is 4.48. The lowest BCUT2D eigenvalue weighted by Crippen LogP contribution is -2.13. The lowest BCUT2D eigenvalue weighted by Gasteiger charge is -2.12. The van der Waals surface area contributed by atoms with Gasteiger partial charge in [0, 0.05) is 13.3 Å². The largest absolute Gasteiger partial charge is 0.469 e. The molecule has 158 valence electrons. The smallest absolute Gasteiger partial charge is 0.305 e. The first-order valence-electron chi connectivity index (χ1n) is 10.3. The van der Waals surface area contributed by atoms with Gasteiger partial charge < -0.3 is 9.47 Å². The third kappa shape index (κ3) is 10.6. The maximum absolute atomic E-state index is 11.4. The monoisotopic (exact) mass is 409 g/mol. The van der Waals surface area contributed by atoms with Crippen LogP contribution in [0.2, 0.25) is 0 Å². The van der Waals surface area contributed by atoms with Crippen LogP contribution in [0, 0.1) is 6.92 Å². The molecule has 0 saturated heterocycles. The SMILES string of the molecule is CCCCCC(C=Cc1sc(C)nc1CCCCCCC(=O)OC)OC(C)=O. The molecule has 0 radical (unpaired) electrons. The van der Waals surface area contributed by atoms with Gasteiger partial charge in [0.15, 0.2) is 0 Å². The molecule has 1 aromatic rings. The quantitative estimate of drug-likeness (QED) is 0.294. The van der Waals surface area contributed by atoms with E-state index in [2.05, 4.69) is 22.7 Å². The maximum atomic E-state index is 11.4. The van der Waals surface area contributed by atoms with Crippen LogP contribution in [0.3, 0.4) is 0 Å². The van der Waals surface area contributed by atoms with Gasteiger partial charge in [-0.2, -0.15) is 0 Å². The number of hydrogen-bond donors (Lipinski definition) is 0. The molecular weight excluding hydrogens is 374 g/mol. The Morgan fingerprint density at radius 3 is 2.57 bits per heavy atom. The van der Waals surface area contributed by atoms with E-state index in [4.69, 9.17) is 4.74 Å². The van der Waals surface area contributed by atoms with E-state index in [1.54, 1.807) is 11.3 Å². The summed E-state index contributed by atoms with van der Waals surface area (Å²) in [5, 5.41) is 1.05. The first-order chi connectivity index (χ1) is 13.5. The van der Waals surface area contributed by atoms with Gasteiger partial charge in [0.05, 0.1) is 22.7 Å². The van der Waals surface area contributed by atoms with Crippen molar-refractivity contribution in [2.45, 2.75) is 91.1 Å². The Kier molecular flexibility index (Phi) is 12.5. The number of methoxy groups -OCH3 is 1. The van der Waals surface area contributed by atoms with Crippen LogP contribution in [-0.4, -0.2) is 30.1 Å². The minimum atomic E-state index is -0.237. The zero-order valence-corrected chi connectivity index (χ0v) is 18.6. The van der Waals surface area contributed by atoms with Crippen LogP contribution in [0.4, 0.5) is 0 Å².